The summed E-state index contributed by atoms with van der Waals surface area (Å²) in [6.45, 7) is 0. The van der Waals surface area contributed by atoms with Gasteiger partial charge in [-0.1, -0.05) is 12.1 Å². The number of rotatable bonds is 3. The Morgan fingerprint density at radius 1 is 1.22 bits per heavy atom. The first-order valence-corrected chi connectivity index (χ1v) is 8.84. The predicted octanol–water partition coefficient (Wildman–Crippen LogP) is 3.30. The number of allylic oxidation sites excluding steroid dienone is 2. The van der Waals surface area contributed by atoms with Crippen molar-refractivity contribution in [2.75, 3.05) is 12.4 Å². The Balaban J connectivity index is 1.54. The van der Waals surface area contributed by atoms with Crippen molar-refractivity contribution in [3.05, 3.63) is 71.6 Å². The molecule has 1 aliphatic carbocycles. The maximum absolute atomic E-state index is 13.1. The van der Waals surface area contributed by atoms with Crippen LogP contribution in [0.4, 0.5) is 5.95 Å². The van der Waals surface area contributed by atoms with Crippen molar-refractivity contribution in [2.24, 2.45) is 0 Å². The Bertz CT molecular complexity index is 1020. The molecule has 1 aliphatic heterocycles. The molecule has 0 fully saturated rings. The molecule has 2 aliphatic rings. The Hall–Kier alpha value is -3.35. The average Bonchev–Trinajstić information content (AvgIpc) is 3.38. The lowest BCUT2D eigenvalue weighted by Crippen LogP contribution is -2.33. The summed E-state index contributed by atoms with van der Waals surface area (Å²) in [5.41, 5.74) is 2.74. The van der Waals surface area contributed by atoms with Crippen LogP contribution in [0.2, 0.25) is 0 Å². The maximum atomic E-state index is 13.1. The van der Waals surface area contributed by atoms with Crippen LogP contribution < -0.4 is 10.1 Å². The van der Waals surface area contributed by atoms with Gasteiger partial charge in [0.2, 0.25) is 5.95 Å². The first-order valence-electron chi connectivity index (χ1n) is 8.84. The van der Waals surface area contributed by atoms with Crippen LogP contribution in [0.5, 0.6) is 5.75 Å². The van der Waals surface area contributed by atoms with E-state index in [0.29, 0.717) is 23.7 Å². The van der Waals surface area contributed by atoms with Gasteiger partial charge >= 0.3 is 0 Å². The highest BCUT2D eigenvalue weighted by atomic mass is 16.5. The molecular weight excluding hydrogens is 344 g/mol. The Labute approximate surface area is 155 Å². The monoisotopic (exact) mass is 362 g/mol. The molecule has 2 atom stereocenters. The molecule has 0 radical (unpaired) electrons. The molecule has 7 heteroatoms. The number of carbonyl (C=O) groups is 1. The van der Waals surface area contributed by atoms with Crippen molar-refractivity contribution in [1.29, 1.82) is 0 Å². The number of ketones is 1. The molecule has 136 valence electrons. The summed E-state index contributed by atoms with van der Waals surface area (Å²) >= 11 is 0. The lowest BCUT2D eigenvalue weighted by atomic mass is 9.78. The van der Waals surface area contributed by atoms with Gasteiger partial charge in [0.15, 0.2) is 5.78 Å². The van der Waals surface area contributed by atoms with Gasteiger partial charge in [-0.3, -0.25) is 4.79 Å². The van der Waals surface area contributed by atoms with E-state index in [1.165, 1.54) is 6.33 Å². The van der Waals surface area contributed by atoms with E-state index in [1.54, 1.807) is 18.1 Å². The van der Waals surface area contributed by atoms with Crippen LogP contribution >= 0.6 is 0 Å². The van der Waals surface area contributed by atoms with E-state index in [0.717, 1.165) is 23.4 Å². The van der Waals surface area contributed by atoms with Gasteiger partial charge in [0.05, 0.1) is 13.4 Å². The van der Waals surface area contributed by atoms with Crippen molar-refractivity contribution in [3.63, 3.8) is 0 Å². The number of hydrogen-bond donors (Lipinski definition) is 1. The number of hydrogen-bond acceptors (Lipinski definition) is 6. The number of anilines is 1. The fourth-order valence-corrected chi connectivity index (χ4v) is 3.97. The van der Waals surface area contributed by atoms with Crippen LogP contribution in [0, 0.1) is 0 Å². The molecule has 7 nitrogen and oxygen atoms in total. The molecule has 5 rings (SSSR count). The zero-order valence-corrected chi connectivity index (χ0v) is 14.8. The number of Topliss-reactive ketones (excluding diaryl/α,β-unsaturated/α-hetero) is 1. The molecule has 1 aromatic carbocycles. The quantitative estimate of drug-likeness (QED) is 0.770. The molecule has 3 heterocycles. The van der Waals surface area contributed by atoms with Crippen LogP contribution in [0.15, 0.2) is 64.7 Å². The number of ether oxygens (including phenoxy) is 1. The Morgan fingerprint density at radius 2 is 2.07 bits per heavy atom. The third-order valence-electron chi connectivity index (χ3n) is 5.26. The van der Waals surface area contributed by atoms with Crippen LogP contribution in [0.1, 0.15) is 36.1 Å². The topological polar surface area (TPSA) is 82.2 Å². The van der Waals surface area contributed by atoms with Crippen molar-refractivity contribution in [2.45, 2.75) is 24.8 Å². The summed E-state index contributed by atoms with van der Waals surface area (Å²) in [7, 11) is 1.65. The minimum absolute atomic E-state index is 0.104. The lowest BCUT2D eigenvalue weighted by molar-refractivity contribution is -0.116. The smallest absolute Gasteiger partial charge is 0.226 e. The highest BCUT2D eigenvalue weighted by molar-refractivity contribution is 6.00. The number of furan rings is 1. The number of fused-ring (bicyclic) bond motifs is 1. The number of aromatic nitrogens is 3. The van der Waals surface area contributed by atoms with Gasteiger partial charge in [-0.05, 0) is 42.2 Å². The predicted molar refractivity (Wildman–Crippen MR) is 97.5 cm³/mol. The van der Waals surface area contributed by atoms with Gasteiger partial charge < -0.3 is 14.5 Å². The summed E-state index contributed by atoms with van der Waals surface area (Å²) in [4.78, 5) is 17.4. The number of nitrogens with zero attached hydrogens (tertiary/aromatic N) is 3. The molecule has 0 spiro atoms. The van der Waals surface area contributed by atoms with Crippen molar-refractivity contribution in [3.8, 4) is 5.75 Å². The summed E-state index contributed by atoms with van der Waals surface area (Å²) in [5, 5.41) is 7.60. The van der Waals surface area contributed by atoms with E-state index in [9.17, 15) is 4.79 Å². The third kappa shape index (κ3) is 2.54. The summed E-state index contributed by atoms with van der Waals surface area (Å²) in [6, 6.07) is 11.2. The molecule has 2 aromatic heterocycles. The van der Waals surface area contributed by atoms with Crippen LogP contribution in [-0.4, -0.2) is 27.7 Å². The van der Waals surface area contributed by atoms with E-state index in [1.807, 2.05) is 36.4 Å². The fraction of sp³-hybridized carbons (Fsp3) is 0.250. The lowest BCUT2D eigenvalue weighted by Gasteiger charge is -2.34. The highest BCUT2D eigenvalue weighted by Crippen LogP contribution is 2.43. The SMILES string of the molecule is COc1ccc([C@@H]2CC(=O)C3=C(C2)Nc2ncnn2[C@@H]3c2ccco2)cc1. The first-order chi connectivity index (χ1) is 13.2. The van der Waals surface area contributed by atoms with Crippen LogP contribution in [-0.2, 0) is 4.79 Å². The minimum atomic E-state index is -0.377. The molecular formula is C20H18N4O3. The molecule has 3 aromatic rings. The summed E-state index contributed by atoms with van der Waals surface area (Å²) < 4.78 is 12.6. The van der Waals surface area contributed by atoms with Crippen molar-refractivity contribution < 1.29 is 13.9 Å². The molecule has 27 heavy (non-hydrogen) atoms. The molecule has 0 unspecified atom stereocenters. The minimum Gasteiger partial charge on any atom is -0.497 e. The summed E-state index contributed by atoms with van der Waals surface area (Å²) in [5.74, 6) is 2.33. The molecule has 0 saturated carbocycles. The molecule has 0 amide bonds. The first kappa shape index (κ1) is 15.9. The van der Waals surface area contributed by atoms with Gasteiger partial charge in [0.1, 0.15) is 23.9 Å². The van der Waals surface area contributed by atoms with Crippen LogP contribution in [0.3, 0.4) is 0 Å². The second kappa shape index (κ2) is 6.12. The standard InChI is InChI=1S/C20H18N4O3/c1-26-14-6-4-12(5-7-14)13-9-15-18(16(25)10-13)19(17-3-2-8-27-17)24-20(23-15)21-11-22-24/h2-8,11,13,19H,9-10H2,1H3,(H,21,22,23)/t13-,19+/m0/s1. The number of methoxy groups -OCH3 is 1. The fourth-order valence-electron chi connectivity index (χ4n) is 3.97. The molecule has 0 saturated heterocycles. The number of carbonyl (C=O) groups excluding carboxylic acids is 1. The highest BCUT2D eigenvalue weighted by Gasteiger charge is 2.40. The van der Waals surface area contributed by atoms with Gasteiger partial charge in [-0.15, -0.1) is 0 Å². The van der Waals surface area contributed by atoms with Gasteiger partial charge in [0.25, 0.3) is 0 Å². The normalized spacial score (nSPS) is 21.4. The van der Waals surface area contributed by atoms with E-state index in [2.05, 4.69) is 15.4 Å². The average molecular weight is 362 g/mol. The van der Waals surface area contributed by atoms with Crippen molar-refractivity contribution in [1.82, 2.24) is 14.8 Å². The van der Waals surface area contributed by atoms with E-state index in [-0.39, 0.29) is 17.7 Å². The number of nitrogens with one attached hydrogen (secondary N) is 1. The second-order valence-corrected chi connectivity index (χ2v) is 6.76. The maximum Gasteiger partial charge on any atom is 0.226 e. The van der Waals surface area contributed by atoms with Gasteiger partial charge in [-0.2, -0.15) is 10.1 Å². The Kier molecular flexibility index (Phi) is 3.60. The number of benzene rings is 1. The third-order valence-corrected chi connectivity index (χ3v) is 5.26. The molecule has 1 N–H and O–H groups in total. The zero-order valence-electron chi connectivity index (χ0n) is 14.8. The van der Waals surface area contributed by atoms with Gasteiger partial charge in [-0.25, -0.2) is 4.68 Å². The second-order valence-electron chi connectivity index (χ2n) is 6.76. The largest absolute Gasteiger partial charge is 0.497 e. The summed E-state index contributed by atoms with van der Waals surface area (Å²) in [6.07, 6.45) is 4.29. The van der Waals surface area contributed by atoms with E-state index >= 15 is 0 Å². The van der Waals surface area contributed by atoms with Crippen molar-refractivity contribution >= 4 is 11.7 Å². The molecule has 0 bridgehead atoms. The van der Waals surface area contributed by atoms with E-state index in [4.69, 9.17) is 9.15 Å². The van der Waals surface area contributed by atoms with Crippen LogP contribution in [0.25, 0.3) is 0 Å². The Morgan fingerprint density at radius 3 is 2.81 bits per heavy atom. The zero-order chi connectivity index (χ0) is 18.4. The van der Waals surface area contributed by atoms with E-state index < -0.39 is 0 Å². The van der Waals surface area contributed by atoms with Gasteiger partial charge in [0, 0.05) is 17.7 Å².